The Morgan fingerprint density at radius 1 is 1.03 bits per heavy atom. The highest BCUT2D eigenvalue weighted by Crippen LogP contribution is 2.14. The number of carbonyl (C=O) groups is 2. The fourth-order valence-electron chi connectivity index (χ4n) is 2.94. The zero-order valence-electron chi connectivity index (χ0n) is 16.8. The second-order valence-electron chi connectivity index (χ2n) is 6.88. The SMILES string of the molecule is C/C(=N/NC(=O)COc1cccc(F)c1)c1ccc(OCC(=O)N2CCCC2)cc1. The molecule has 1 aliphatic rings. The number of carbonyl (C=O) groups excluding carboxylic acids is 2. The number of hydrogen-bond donors (Lipinski definition) is 1. The molecule has 1 N–H and O–H groups in total. The molecule has 0 bridgehead atoms. The molecule has 1 heterocycles. The van der Waals surface area contributed by atoms with Gasteiger partial charge < -0.3 is 14.4 Å². The van der Waals surface area contributed by atoms with Crippen molar-refractivity contribution in [2.75, 3.05) is 26.3 Å². The van der Waals surface area contributed by atoms with Crippen LogP contribution < -0.4 is 14.9 Å². The van der Waals surface area contributed by atoms with Gasteiger partial charge in [-0.15, -0.1) is 0 Å². The van der Waals surface area contributed by atoms with E-state index in [1.165, 1.54) is 18.2 Å². The topological polar surface area (TPSA) is 80.2 Å². The molecule has 2 aromatic rings. The summed E-state index contributed by atoms with van der Waals surface area (Å²) in [5.74, 6) is -0.0395. The number of hydrogen-bond acceptors (Lipinski definition) is 5. The first-order valence-electron chi connectivity index (χ1n) is 9.74. The Balaban J connectivity index is 1.44. The van der Waals surface area contributed by atoms with Gasteiger partial charge in [-0.1, -0.05) is 6.07 Å². The van der Waals surface area contributed by atoms with Crippen molar-refractivity contribution in [1.82, 2.24) is 10.3 Å². The lowest BCUT2D eigenvalue weighted by molar-refractivity contribution is -0.132. The molecule has 0 atom stereocenters. The van der Waals surface area contributed by atoms with Crippen molar-refractivity contribution in [1.29, 1.82) is 0 Å². The molecule has 1 fully saturated rings. The van der Waals surface area contributed by atoms with Crippen LogP contribution in [-0.4, -0.2) is 48.7 Å². The minimum atomic E-state index is -0.459. The van der Waals surface area contributed by atoms with Crippen LogP contribution >= 0.6 is 0 Å². The van der Waals surface area contributed by atoms with Gasteiger partial charge in [-0.3, -0.25) is 9.59 Å². The number of hydrazone groups is 1. The van der Waals surface area contributed by atoms with Gasteiger partial charge in [0.1, 0.15) is 17.3 Å². The molecule has 158 valence electrons. The van der Waals surface area contributed by atoms with Crippen molar-refractivity contribution in [3.63, 3.8) is 0 Å². The molecule has 0 aliphatic carbocycles. The second kappa shape index (κ2) is 10.4. The molecule has 2 amide bonds. The maximum absolute atomic E-state index is 13.1. The Morgan fingerprint density at radius 2 is 1.73 bits per heavy atom. The van der Waals surface area contributed by atoms with E-state index in [2.05, 4.69) is 10.5 Å². The van der Waals surface area contributed by atoms with Crippen molar-refractivity contribution >= 4 is 17.5 Å². The third-order valence-electron chi connectivity index (χ3n) is 4.61. The monoisotopic (exact) mass is 413 g/mol. The minimum absolute atomic E-state index is 0.00232. The molecular weight excluding hydrogens is 389 g/mol. The Hall–Kier alpha value is -3.42. The number of nitrogens with one attached hydrogen (secondary N) is 1. The first kappa shape index (κ1) is 21.3. The van der Waals surface area contributed by atoms with Gasteiger partial charge in [-0.05, 0) is 61.7 Å². The Kier molecular flexibility index (Phi) is 7.37. The summed E-state index contributed by atoms with van der Waals surface area (Å²) in [4.78, 5) is 25.7. The van der Waals surface area contributed by atoms with Crippen molar-refractivity contribution in [3.05, 3.63) is 59.9 Å². The predicted octanol–water partition coefficient (Wildman–Crippen LogP) is 2.75. The first-order chi connectivity index (χ1) is 14.5. The van der Waals surface area contributed by atoms with Crippen LogP contribution in [0.1, 0.15) is 25.3 Å². The summed E-state index contributed by atoms with van der Waals surface area (Å²) in [5, 5.41) is 4.04. The summed E-state index contributed by atoms with van der Waals surface area (Å²) in [7, 11) is 0. The number of amides is 2. The molecule has 2 aromatic carbocycles. The van der Waals surface area contributed by atoms with E-state index in [0.717, 1.165) is 31.5 Å². The lowest BCUT2D eigenvalue weighted by Crippen LogP contribution is -2.32. The Bertz CT molecular complexity index is 909. The molecule has 0 aromatic heterocycles. The smallest absolute Gasteiger partial charge is 0.277 e. The molecule has 30 heavy (non-hydrogen) atoms. The maximum Gasteiger partial charge on any atom is 0.277 e. The molecule has 1 aliphatic heterocycles. The molecular formula is C22H24FN3O4. The van der Waals surface area contributed by atoms with Gasteiger partial charge in [-0.25, -0.2) is 9.82 Å². The first-order valence-corrected chi connectivity index (χ1v) is 9.74. The fraction of sp³-hybridized carbons (Fsp3) is 0.318. The van der Waals surface area contributed by atoms with Crippen molar-refractivity contribution in [2.45, 2.75) is 19.8 Å². The number of rotatable bonds is 8. The number of nitrogens with zero attached hydrogens (tertiary/aromatic N) is 2. The van der Waals surface area contributed by atoms with Crippen LogP contribution in [0.15, 0.2) is 53.6 Å². The summed E-state index contributed by atoms with van der Waals surface area (Å²) >= 11 is 0. The summed E-state index contributed by atoms with van der Waals surface area (Å²) in [5.41, 5.74) is 3.78. The van der Waals surface area contributed by atoms with Gasteiger partial charge in [0.15, 0.2) is 13.2 Å². The number of ether oxygens (including phenoxy) is 2. The second-order valence-corrected chi connectivity index (χ2v) is 6.88. The van der Waals surface area contributed by atoms with Crippen molar-refractivity contribution in [2.24, 2.45) is 5.10 Å². The summed E-state index contributed by atoms with van der Waals surface area (Å²) in [6.45, 7) is 3.10. The van der Waals surface area contributed by atoms with Gasteiger partial charge >= 0.3 is 0 Å². The van der Waals surface area contributed by atoms with Crippen LogP contribution in [0, 0.1) is 5.82 Å². The Morgan fingerprint density at radius 3 is 2.43 bits per heavy atom. The molecule has 7 nitrogen and oxygen atoms in total. The van der Waals surface area contributed by atoms with Gasteiger partial charge in [0, 0.05) is 19.2 Å². The average Bonchev–Trinajstić information content (AvgIpc) is 3.30. The zero-order chi connectivity index (χ0) is 21.3. The van der Waals surface area contributed by atoms with Gasteiger partial charge in [0.2, 0.25) is 0 Å². The van der Waals surface area contributed by atoms with Crippen LogP contribution in [0.4, 0.5) is 4.39 Å². The quantitative estimate of drug-likeness (QED) is 0.533. The van der Waals surface area contributed by atoms with Crippen LogP contribution in [0.2, 0.25) is 0 Å². The summed E-state index contributed by atoms with van der Waals surface area (Å²) in [6.07, 6.45) is 2.10. The van der Waals surface area contributed by atoms with E-state index in [1.807, 2.05) is 4.90 Å². The minimum Gasteiger partial charge on any atom is -0.484 e. The highest BCUT2D eigenvalue weighted by molar-refractivity contribution is 5.99. The van der Waals surface area contributed by atoms with Crippen molar-refractivity contribution < 1.29 is 23.5 Å². The third-order valence-corrected chi connectivity index (χ3v) is 4.61. The van der Waals surface area contributed by atoms with E-state index < -0.39 is 11.7 Å². The predicted molar refractivity (Wildman–Crippen MR) is 110 cm³/mol. The van der Waals surface area contributed by atoms with E-state index >= 15 is 0 Å². The fourth-order valence-corrected chi connectivity index (χ4v) is 2.94. The number of likely N-dealkylation sites (tertiary alicyclic amines) is 1. The zero-order valence-corrected chi connectivity index (χ0v) is 16.8. The van der Waals surface area contributed by atoms with E-state index in [0.29, 0.717) is 11.5 Å². The molecule has 0 radical (unpaired) electrons. The van der Waals surface area contributed by atoms with Crippen LogP contribution in [0.3, 0.4) is 0 Å². The van der Waals surface area contributed by atoms with E-state index in [-0.39, 0.29) is 24.9 Å². The van der Waals surface area contributed by atoms with E-state index in [1.54, 1.807) is 37.3 Å². The lowest BCUT2D eigenvalue weighted by Gasteiger charge is -2.15. The number of benzene rings is 2. The van der Waals surface area contributed by atoms with E-state index in [9.17, 15) is 14.0 Å². The highest BCUT2D eigenvalue weighted by atomic mass is 19.1. The molecule has 8 heteroatoms. The molecule has 0 saturated carbocycles. The van der Waals surface area contributed by atoms with Gasteiger partial charge in [-0.2, -0.15) is 5.10 Å². The largest absolute Gasteiger partial charge is 0.484 e. The standard InChI is InChI=1S/C22H24FN3O4/c1-16(24-25-21(27)14-29-20-6-4-5-18(23)13-20)17-7-9-19(10-8-17)30-15-22(28)26-11-2-3-12-26/h4-10,13H,2-3,11-12,14-15H2,1H3,(H,25,27)/b24-16-. The highest BCUT2D eigenvalue weighted by Gasteiger charge is 2.18. The summed E-state index contributed by atoms with van der Waals surface area (Å²) < 4.78 is 23.9. The lowest BCUT2D eigenvalue weighted by atomic mass is 10.1. The summed E-state index contributed by atoms with van der Waals surface area (Å²) in [6, 6.07) is 12.6. The van der Waals surface area contributed by atoms with Crippen molar-refractivity contribution in [3.8, 4) is 11.5 Å². The van der Waals surface area contributed by atoms with Crippen LogP contribution in [-0.2, 0) is 9.59 Å². The normalized spacial score (nSPS) is 13.8. The van der Waals surface area contributed by atoms with Gasteiger partial charge in [0.25, 0.3) is 11.8 Å². The van der Waals surface area contributed by atoms with Crippen LogP contribution in [0.5, 0.6) is 11.5 Å². The van der Waals surface area contributed by atoms with Gasteiger partial charge in [0.05, 0.1) is 5.71 Å². The van der Waals surface area contributed by atoms with Crippen LogP contribution in [0.25, 0.3) is 0 Å². The molecule has 0 spiro atoms. The van der Waals surface area contributed by atoms with E-state index in [4.69, 9.17) is 9.47 Å². The Labute approximate surface area is 174 Å². The average molecular weight is 413 g/mol. The molecule has 3 rings (SSSR count). The number of halogens is 1. The molecule has 0 unspecified atom stereocenters. The maximum atomic E-state index is 13.1. The molecule has 1 saturated heterocycles. The third kappa shape index (κ3) is 6.30.